The summed E-state index contributed by atoms with van der Waals surface area (Å²) in [6, 6.07) is 47.5. The van der Waals surface area contributed by atoms with Gasteiger partial charge >= 0.3 is 12.4 Å². The first-order valence-corrected chi connectivity index (χ1v) is 18.3. The van der Waals surface area contributed by atoms with Crippen LogP contribution in [0.3, 0.4) is 0 Å². The highest BCUT2D eigenvalue weighted by molar-refractivity contribution is 6.10. The van der Waals surface area contributed by atoms with E-state index in [1.54, 1.807) is 24.3 Å². The van der Waals surface area contributed by atoms with Crippen LogP contribution in [0, 0.1) is 11.3 Å². The maximum atomic E-state index is 14.7. The normalized spacial score (nSPS) is 11.9. The van der Waals surface area contributed by atoms with Crippen molar-refractivity contribution >= 4 is 21.8 Å². The second-order valence-corrected chi connectivity index (χ2v) is 13.8. The van der Waals surface area contributed by atoms with Crippen molar-refractivity contribution in [3.05, 3.63) is 180 Å². The third-order valence-corrected chi connectivity index (χ3v) is 10.1. The zero-order valence-corrected chi connectivity index (χ0v) is 30.6. The molecule has 11 heteroatoms. The molecule has 0 saturated carbocycles. The summed E-state index contributed by atoms with van der Waals surface area (Å²) in [5.74, 6) is 0.924. The van der Waals surface area contributed by atoms with Gasteiger partial charge < -0.3 is 4.57 Å². The van der Waals surface area contributed by atoms with Gasteiger partial charge in [0.2, 0.25) is 0 Å². The summed E-state index contributed by atoms with van der Waals surface area (Å²) in [7, 11) is 0. The van der Waals surface area contributed by atoms with Crippen molar-refractivity contribution in [3.8, 4) is 68.2 Å². The maximum Gasteiger partial charge on any atom is 0.417 e. The molecular weight excluding hydrogens is 761 g/mol. The number of hydrogen-bond acceptors (Lipinski definition) is 4. The number of fused-ring (bicyclic) bond motifs is 3. The molecule has 0 amide bonds. The summed E-state index contributed by atoms with van der Waals surface area (Å²) in [5, 5.41) is 11.3. The van der Waals surface area contributed by atoms with Crippen LogP contribution >= 0.6 is 0 Å². The maximum absolute atomic E-state index is 14.7. The molecule has 2 heterocycles. The van der Waals surface area contributed by atoms with Crippen molar-refractivity contribution in [2.24, 2.45) is 0 Å². The highest BCUT2D eigenvalue weighted by Gasteiger charge is 2.38. The minimum atomic E-state index is -5.11. The van der Waals surface area contributed by atoms with Gasteiger partial charge in [-0.2, -0.15) is 31.6 Å². The van der Waals surface area contributed by atoms with E-state index in [1.807, 2.05) is 114 Å². The molecular formula is C48H27F6N5. The lowest BCUT2D eigenvalue weighted by Gasteiger charge is -2.19. The molecule has 59 heavy (non-hydrogen) atoms. The second kappa shape index (κ2) is 14.4. The van der Waals surface area contributed by atoms with Gasteiger partial charge in [-0.3, -0.25) is 0 Å². The molecule has 7 aromatic carbocycles. The molecule has 9 aromatic rings. The zero-order chi connectivity index (χ0) is 40.9. The molecule has 0 fully saturated rings. The molecule has 286 valence electrons. The lowest BCUT2D eigenvalue weighted by Crippen LogP contribution is -2.12. The number of halogens is 6. The van der Waals surface area contributed by atoms with E-state index in [4.69, 9.17) is 15.0 Å². The first-order chi connectivity index (χ1) is 28.5. The van der Waals surface area contributed by atoms with Crippen LogP contribution in [0.25, 0.3) is 83.9 Å². The lowest BCUT2D eigenvalue weighted by atomic mass is 9.95. The number of nitrogens with zero attached hydrogens (tertiary/aromatic N) is 5. The number of alkyl halides is 6. The van der Waals surface area contributed by atoms with E-state index in [-0.39, 0.29) is 17.5 Å². The molecule has 0 N–H and O–H groups in total. The summed E-state index contributed by atoms with van der Waals surface area (Å²) in [5.41, 5.74) is 2.34. The Balaban J connectivity index is 1.38. The minimum Gasteiger partial charge on any atom is -0.308 e. The Morgan fingerprint density at radius 1 is 0.441 bits per heavy atom. The van der Waals surface area contributed by atoms with E-state index in [9.17, 15) is 31.6 Å². The Hall–Kier alpha value is -7.58. The summed E-state index contributed by atoms with van der Waals surface area (Å²) < 4.78 is 87.3. The van der Waals surface area contributed by atoms with E-state index in [0.29, 0.717) is 56.7 Å². The zero-order valence-electron chi connectivity index (χ0n) is 30.6. The summed E-state index contributed by atoms with van der Waals surface area (Å²) >= 11 is 0. The van der Waals surface area contributed by atoms with Crippen LogP contribution in [-0.4, -0.2) is 19.5 Å². The number of hydrogen-bond donors (Lipinski definition) is 0. The van der Waals surface area contributed by atoms with Crippen LogP contribution in [-0.2, 0) is 12.4 Å². The Labute approximate surface area is 333 Å². The van der Waals surface area contributed by atoms with Gasteiger partial charge in [-0.1, -0.05) is 115 Å². The van der Waals surface area contributed by atoms with E-state index in [0.717, 1.165) is 28.0 Å². The highest BCUT2D eigenvalue weighted by atomic mass is 19.4. The number of aromatic nitrogens is 4. The van der Waals surface area contributed by atoms with Crippen LogP contribution in [0.1, 0.15) is 16.7 Å². The third kappa shape index (κ3) is 6.95. The molecule has 0 radical (unpaired) electrons. The minimum absolute atomic E-state index is 0.0224. The van der Waals surface area contributed by atoms with Gasteiger partial charge in [-0.05, 0) is 70.8 Å². The van der Waals surface area contributed by atoms with Crippen molar-refractivity contribution in [1.82, 2.24) is 19.5 Å². The second-order valence-electron chi connectivity index (χ2n) is 13.8. The smallest absolute Gasteiger partial charge is 0.308 e. The number of nitriles is 1. The Morgan fingerprint density at radius 2 is 1.02 bits per heavy atom. The van der Waals surface area contributed by atoms with Crippen LogP contribution < -0.4 is 0 Å². The monoisotopic (exact) mass is 787 g/mol. The molecule has 0 aliphatic heterocycles. The average molecular weight is 788 g/mol. The third-order valence-electron chi connectivity index (χ3n) is 10.1. The average Bonchev–Trinajstić information content (AvgIpc) is 3.59. The van der Waals surface area contributed by atoms with Gasteiger partial charge in [0, 0.05) is 27.5 Å². The fourth-order valence-electron chi connectivity index (χ4n) is 7.39. The molecule has 0 unspecified atom stereocenters. The lowest BCUT2D eigenvalue weighted by molar-refractivity contribution is -0.142. The summed E-state index contributed by atoms with van der Waals surface area (Å²) in [6.07, 6.45) is -10.1. The van der Waals surface area contributed by atoms with Crippen LogP contribution in [0.4, 0.5) is 26.3 Å². The number of rotatable bonds is 6. The van der Waals surface area contributed by atoms with Crippen LogP contribution in [0.15, 0.2) is 164 Å². The number of benzene rings is 7. The fraction of sp³-hybridized carbons (Fsp3) is 0.0417. The highest BCUT2D eigenvalue weighted by Crippen LogP contribution is 2.44. The van der Waals surface area contributed by atoms with Gasteiger partial charge in [0.25, 0.3) is 0 Å². The Bertz CT molecular complexity index is 3030. The van der Waals surface area contributed by atoms with Gasteiger partial charge in [0.05, 0.1) is 39.5 Å². The van der Waals surface area contributed by atoms with E-state index in [1.165, 1.54) is 12.1 Å². The van der Waals surface area contributed by atoms with Gasteiger partial charge in [0.1, 0.15) is 0 Å². The first kappa shape index (κ1) is 37.0. The van der Waals surface area contributed by atoms with E-state index < -0.39 is 29.0 Å². The molecule has 0 spiro atoms. The molecule has 0 saturated heterocycles. The van der Waals surface area contributed by atoms with Crippen molar-refractivity contribution < 1.29 is 26.3 Å². The molecule has 5 nitrogen and oxygen atoms in total. The molecule has 9 rings (SSSR count). The summed E-state index contributed by atoms with van der Waals surface area (Å²) in [4.78, 5) is 14.7. The quantitative estimate of drug-likeness (QED) is 0.157. The topological polar surface area (TPSA) is 67.4 Å². The van der Waals surface area contributed by atoms with Gasteiger partial charge in [0.15, 0.2) is 17.5 Å². The number of para-hydroxylation sites is 1. The van der Waals surface area contributed by atoms with Crippen molar-refractivity contribution in [3.63, 3.8) is 0 Å². The van der Waals surface area contributed by atoms with Crippen molar-refractivity contribution in [1.29, 1.82) is 5.26 Å². The molecule has 2 aromatic heterocycles. The van der Waals surface area contributed by atoms with Crippen molar-refractivity contribution in [2.75, 3.05) is 0 Å². The predicted molar refractivity (Wildman–Crippen MR) is 216 cm³/mol. The van der Waals surface area contributed by atoms with Crippen LogP contribution in [0.5, 0.6) is 0 Å². The van der Waals surface area contributed by atoms with Crippen molar-refractivity contribution in [2.45, 2.75) is 12.4 Å². The molecule has 0 aliphatic carbocycles. The van der Waals surface area contributed by atoms with E-state index >= 15 is 0 Å². The Kier molecular flexibility index (Phi) is 9.05. The van der Waals surface area contributed by atoms with Gasteiger partial charge in [-0.25, -0.2) is 15.0 Å². The predicted octanol–water partition coefficient (Wildman–Crippen LogP) is 13.2. The Morgan fingerprint density at radius 3 is 1.68 bits per heavy atom. The molecule has 0 bridgehead atoms. The SMILES string of the molecule is N#Cc1cccc(-c2ccc3c4ccccc4n(-c4cc(-c5ccc(C(F)(F)F)cc5C(F)(F)F)ccc4-c4nc(-c5ccccc5)nc(-c5ccccc5)n4)c3c2)c1. The standard InChI is InChI=1S/C48H27F6N5/c49-47(50,51)35-20-23-36(40(27-35)48(52,53)54)34-19-22-39(46-57-44(30-11-3-1-4-12-30)56-45(58-46)31-13-5-2-6-14-31)43(26-34)59-41-17-8-7-16-37(41)38-21-18-33(25-42(38)59)32-15-9-10-29(24-32)28-55/h1-27H. The fourth-order valence-corrected chi connectivity index (χ4v) is 7.39. The first-order valence-electron chi connectivity index (χ1n) is 18.3. The molecule has 0 atom stereocenters. The summed E-state index contributed by atoms with van der Waals surface area (Å²) in [6.45, 7) is 0. The van der Waals surface area contributed by atoms with Crippen LogP contribution in [0.2, 0.25) is 0 Å². The molecule has 0 aliphatic rings. The largest absolute Gasteiger partial charge is 0.417 e. The van der Waals surface area contributed by atoms with E-state index in [2.05, 4.69) is 6.07 Å². The van der Waals surface area contributed by atoms with Gasteiger partial charge in [-0.15, -0.1) is 0 Å².